The van der Waals surface area contributed by atoms with Crippen LogP contribution in [0.3, 0.4) is 0 Å². The molecule has 2 fully saturated rings. The Kier molecular flexibility index (Phi) is 3.30. The predicted octanol–water partition coefficient (Wildman–Crippen LogP) is 1.13. The minimum Gasteiger partial charge on any atom is -0.337 e. The van der Waals surface area contributed by atoms with Crippen molar-refractivity contribution < 1.29 is 13.2 Å². The fourth-order valence-corrected chi connectivity index (χ4v) is 5.11. The van der Waals surface area contributed by atoms with Crippen molar-refractivity contribution in [1.29, 1.82) is 0 Å². The summed E-state index contributed by atoms with van der Waals surface area (Å²) in [5.41, 5.74) is 0. The van der Waals surface area contributed by atoms with Gasteiger partial charge in [-0.05, 0) is 18.9 Å². The van der Waals surface area contributed by atoms with Crippen LogP contribution in [0.5, 0.6) is 0 Å². The van der Waals surface area contributed by atoms with Gasteiger partial charge in [0.2, 0.25) is 5.91 Å². The van der Waals surface area contributed by atoms with Gasteiger partial charge in [-0.25, -0.2) is 8.42 Å². The second-order valence-corrected chi connectivity index (χ2v) is 7.53. The average molecular weight is 257 g/mol. The summed E-state index contributed by atoms with van der Waals surface area (Å²) in [4.78, 5) is 13.3. The summed E-state index contributed by atoms with van der Waals surface area (Å²) in [6.07, 6.45) is 5.69. The van der Waals surface area contributed by atoms with Crippen LogP contribution in [0.1, 0.15) is 32.1 Å². The first-order valence-electron chi connectivity index (χ1n) is 6.14. The van der Waals surface area contributed by atoms with E-state index in [9.17, 15) is 13.2 Å². The van der Waals surface area contributed by atoms with Crippen LogP contribution in [0, 0.1) is 0 Å². The molecular weight excluding hydrogens is 238 g/mol. The summed E-state index contributed by atoms with van der Waals surface area (Å²) in [6, 6.07) is 0. The molecule has 1 aliphatic heterocycles. The van der Waals surface area contributed by atoms with Crippen molar-refractivity contribution in [3.05, 3.63) is 12.7 Å². The quantitative estimate of drug-likeness (QED) is 0.662. The number of hydrogen-bond donors (Lipinski definition) is 0. The molecule has 1 spiro atoms. The standard InChI is InChI=1S/C12H19NO3S/c1-2-11(14)13-8-9-17(15,16)12(10-13)6-4-3-5-7-12/h2H,1,3-10H2. The van der Waals surface area contributed by atoms with Crippen molar-refractivity contribution in [2.45, 2.75) is 36.9 Å². The van der Waals surface area contributed by atoms with Crippen molar-refractivity contribution in [2.75, 3.05) is 18.8 Å². The van der Waals surface area contributed by atoms with E-state index in [4.69, 9.17) is 0 Å². The van der Waals surface area contributed by atoms with Crippen molar-refractivity contribution in [2.24, 2.45) is 0 Å². The summed E-state index contributed by atoms with van der Waals surface area (Å²) in [6.45, 7) is 4.14. The lowest BCUT2D eigenvalue weighted by molar-refractivity contribution is -0.126. The minimum absolute atomic E-state index is 0.104. The van der Waals surface area contributed by atoms with Gasteiger partial charge in [0, 0.05) is 13.1 Å². The number of nitrogens with zero attached hydrogens (tertiary/aromatic N) is 1. The largest absolute Gasteiger partial charge is 0.337 e. The van der Waals surface area contributed by atoms with E-state index in [1.165, 1.54) is 6.08 Å². The van der Waals surface area contributed by atoms with Gasteiger partial charge in [0.1, 0.15) is 0 Å². The summed E-state index contributed by atoms with van der Waals surface area (Å²) in [7, 11) is -3.05. The molecule has 0 unspecified atom stereocenters. The first-order chi connectivity index (χ1) is 8.01. The van der Waals surface area contributed by atoms with Crippen LogP contribution >= 0.6 is 0 Å². The Hall–Kier alpha value is -0.840. The maximum Gasteiger partial charge on any atom is 0.246 e. The molecule has 4 nitrogen and oxygen atoms in total. The van der Waals surface area contributed by atoms with Crippen molar-refractivity contribution in [3.8, 4) is 0 Å². The molecule has 0 bridgehead atoms. The van der Waals surface area contributed by atoms with E-state index in [0.29, 0.717) is 25.9 Å². The van der Waals surface area contributed by atoms with Gasteiger partial charge in [-0.15, -0.1) is 0 Å². The molecule has 1 aliphatic carbocycles. The fraction of sp³-hybridized carbons (Fsp3) is 0.750. The predicted molar refractivity (Wildman–Crippen MR) is 66.4 cm³/mol. The third-order valence-electron chi connectivity index (χ3n) is 4.02. The normalized spacial score (nSPS) is 26.7. The van der Waals surface area contributed by atoms with E-state index in [-0.39, 0.29) is 11.7 Å². The van der Waals surface area contributed by atoms with E-state index in [0.717, 1.165) is 19.3 Å². The van der Waals surface area contributed by atoms with Gasteiger partial charge in [-0.3, -0.25) is 4.79 Å². The van der Waals surface area contributed by atoms with Crippen LogP contribution in [0.15, 0.2) is 12.7 Å². The summed E-state index contributed by atoms with van der Waals surface area (Å²) in [5, 5.41) is 0. The fourth-order valence-electron chi connectivity index (χ4n) is 2.95. The molecule has 0 aromatic carbocycles. The van der Waals surface area contributed by atoms with Crippen LogP contribution in [-0.4, -0.2) is 42.8 Å². The van der Waals surface area contributed by atoms with Crippen LogP contribution in [0.4, 0.5) is 0 Å². The number of carbonyl (C=O) groups is 1. The Labute approximate surface area is 103 Å². The molecule has 17 heavy (non-hydrogen) atoms. The molecule has 2 aliphatic rings. The van der Waals surface area contributed by atoms with Crippen LogP contribution < -0.4 is 0 Å². The summed E-state index contributed by atoms with van der Waals surface area (Å²) < 4.78 is 23.8. The summed E-state index contributed by atoms with van der Waals surface area (Å²) >= 11 is 0. The van der Waals surface area contributed by atoms with Gasteiger partial charge in [-0.2, -0.15) is 0 Å². The number of rotatable bonds is 1. The second-order valence-electron chi connectivity index (χ2n) is 5.03. The first kappa shape index (κ1) is 12.6. The van der Waals surface area contributed by atoms with Gasteiger partial charge >= 0.3 is 0 Å². The third kappa shape index (κ3) is 2.12. The van der Waals surface area contributed by atoms with Gasteiger partial charge in [-0.1, -0.05) is 25.8 Å². The molecule has 0 atom stereocenters. The molecule has 0 aromatic rings. The zero-order valence-electron chi connectivity index (χ0n) is 10.0. The maximum atomic E-state index is 12.3. The van der Waals surface area contributed by atoms with Gasteiger partial charge < -0.3 is 4.90 Å². The Morgan fingerprint density at radius 3 is 2.47 bits per heavy atom. The Bertz CT molecular complexity index is 421. The van der Waals surface area contributed by atoms with Gasteiger partial charge in [0.15, 0.2) is 9.84 Å². The Morgan fingerprint density at radius 1 is 1.24 bits per heavy atom. The molecule has 1 saturated heterocycles. The van der Waals surface area contributed by atoms with Crippen molar-refractivity contribution >= 4 is 15.7 Å². The maximum absolute atomic E-state index is 12.3. The van der Waals surface area contributed by atoms with E-state index >= 15 is 0 Å². The van der Waals surface area contributed by atoms with Crippen molar-refractivity contribution in [1.82, 2.24) is 4.90 Å². The van der Waals surface area contributed by atoms with Crippen LogP contribution in [0.2, 0.25) is 0 Å². The molecule has 2 rings (SSSR count). The number of hydrogen-bond acceptors (Lipinski definition) is 3. The molecule has 5 heteroatoms. The number of amides is 1. The highest BCUT2D eigenvalue weighted by atomic mass is 32.2. The van der Waals surface area contributed by atoms with Crippen molar-refractivity contribution in [3.63, 3.8) is 0 Å². The van der Waals surface area contributed by atoms with Crippen LogP contribution in [0.25, 0.3) is 0 Å². The number of sulfone groups is 1. The molecular formula is C12H19NO3S. The molecule has 96 valence electrons. The first-order valence-corrected chi connectivity index (χ1v) is 7.80. The molecule has 1 saturated carbocycles. The average Bonchev–Trinajstić information content (AvgIpc) is 2.33. The number of carbonyl (C=O) groups excluding carboxylic acids is 1. The third-order valence-corrected chi connectivity index (χ3v) is 6.60. The Balaban J connectivity index is 2.26. The zero-order valence-corrected chi connectivity index (χ0v) is 10.8. The molecule has 0 aromatic heterocycles. The van der Waals surface area contributed by atoms with Gasteiger partial charge in [0.05, 0.1) is 10.5 Å². The molecule has 0 N–H and O–H groups in total. The highest BCUT2D eigenvalue weighted by molar-refractivity contribution is 7.92. The lowest BCUT2D eigenvalue weighted by atomic mass is 9.87. The molecule has 1 amide bonds. The van der Waals surface area contributed by atoms with Gasteiger partial charge in [0.25, 0.3) is 0 Å². The second kappa shape index (κ2) is 4.44. The highest BCUT2D eigenvalue weighted by Gasteiger charge is 2.48. The van der Waals surface area contributed by atoms with Crippen LogP contribution in [-0.2, 0) is 14.6 Å². The topological polar surface area (TPSA) is 54.5 Å². The highest BCUT2D eigenvalue weighted by Crippen LogP contribution is 2.38. The lowest BCUT2D eigenvalue weighted by Crippen LogP contribution is -2.58. The summed E-state index contributed by atoms with van der Waals surface area (Å²) in [5.74, 6) is -0.0445. The molecule has 1 heterocycles. The Morgan fingerprint density at radius 2 is 1.88 bits per heavy atom. The minimum atomic E-state index is -3.05. The van der Waals surface area contributed by atoms with E-state index in [1.807, 2.05) is 0 Å². The monoisotopic (exact) mass is 257 g/mol. The zero-order chi connectivity index (χ0) is 12.5. The van der Waals surface area contributed by atoms with E-state index in [1.54, 1.807) is 4.90 Å². The molecule has 0 radical (unpaired) electrons. The lowest BCUT2D eigenvalue weighted by Gasteiger charge is -2.44. The van der Waals surface area contributed by atoms with E-state index < -0.39 is 14.6 Å². The SMILES string of the molecule is C=CC(=O)N1CCS(=O)(=O)C2(CCCCC2)C1. The smallest absolute Gasteiger partial charge is 0.246 e. The van der Waals surface area contributed by atoms with E-state index in [2.05, 4.69) is 6.58 Å².